The molecule has 0 aliphatic rings. The third-order valence-electron chi connectivity index (χ3n) is 4.95. The molecule has 2 aromatic carbocycles. The Balaban J connectivity index is 1.59. The van der Waals surface area contributed by atoms with Crippen LogP contribution in [0.25, 0.3) is 0 Å². The zero-order chi connectivity index (χ0) is 22.4. The molecule has 1 aromatic heterocycles. The topological polar surface area (TPSA) is 85.1 Å². The monoisotopic (exact) mass is 455 g/mol. The Morgan fingerprint density at radius 1 is 1.10 bits per heavy atom. The number of nitrogens with two attached hydrogens (primary N) is 1. The molecule has 3 aromatic rings. The van der Waals surface area contributed by atoms with Gasteiger partial charge in [0.2, 0.25) is 5.91 Å². The number of amides is 2. The van der Waals surface area contributed by atoms with Crippen molar-refractivity contribution in [2.75, 3.05) is 0 Å². The summed E-state index contributed by atoms with van der Waals surface area (Å²) in [5.74, 6) is -0.186. The quantitative estimate of drug-likeness (QED) is 0.492. The van der Waals surface area contributed by atoms with Gasteiger partial charge in [-0.15, -0.1) is 11.3 Å². The SMILES string of the molecule is CC(C)c1ccc(CC(=O)NCc2nc(C(N)=O)c(CCc3cccc(Cl)c3)s2)cc1. The normalized spacial score (nSPS) is 11.0. The van der Waals surface area contributed by atoms with E-state index in [1.807, 2.05) is 36.4 Å². The molecule has 0 atom stereocenters. The van der Waals surface area contributed by atoms with Crippen LogP contribution in [-0.2, 0) is 30.6 Å². The van der Waals surface area contributed by atoms with Crippen LogP contribution in [0, 0.1) is 0 Å². The number of carbonyl (C=O) groups is 2. The van der Waals surface area contributed by atoms with Gasteiger partial charge in [-0.2, -0.15) is 0 Å². The van der Waals surface area contributed by atoms with Crippen LogP contribution in [0.2, 0.25) is 5.02 Å². The number of hydrogen-bond acceptors (Lipinski definition) is 4. The Morgan fingerprint density at radius 3 is 2.48 bits per heavy atom. The first kappa shape index (κ1) is 23.0. The number of rotatable bonds is 9. The maximum atomic E-state index is 12.3. The molecule has 0 aliphatic heterocycles. The van der Waals surface area contributed by atoms with Gasteiger partial charge in [0.25, 0.3) is 5.91 Å². The lowest BCUT2D eigenvalue weighted by Crippen LogP contribution is -2.24. The van der Waals surface area contributed by atoms with E-state index in [4.69, 9.17) is 17.3 Å². The molecule has 31 heavy (non-hydrogen) atoms. The number of halogens is 1. The standard InChI is InChI=1S/C24H26ClN3O2S/c1-15(2)18-9-6-17(7-10-18)13-21(29)27-14-22-28-23(24(26)30)20(31-22)11-8-16-4-3-5-19(25)12-16/h3-7,9-10,12,15H,8,11,13-14H2,1-2H3,(H2,26,30)(H,27,29). The Kier molecular flexibility index (Phi) is 7.82. The van der Waals surface area contributed by atoms with Gasteiger partial charge in [0, 0.05) is 9.90 Å². The van der Waals surface area contributed by atoms with Crippen molar-refractivity contribution >= 4 is 34.8 Å². The summed E-state index contributed by atoms with van der Waals surface area (Å²) in [7, 11) is 0. The average Bonchev–Trinajstić information content (AvgIpc) is 3.15. The van der Waals surface area contributed by atoms with Crippen LogP contribution in [-0.4, -0.2) is 16.8 Å². The second-order valence-corrected chi connectivity index (χ2v) is 9.33. The molecule has 7 heteroatoms. The molecule has 0 radical (unpaired) electrons. The molecule has 0 bridgehead atoms. The molecule has 2 amide bonds. The Labute approximate surface area is 191 Å². The Morgan fingerprint density at radius 2 is 1.84 bits per heavy atom. The summed E-state index contributed by atoms with van der Waals surface area (Å²) < 4.78 is 0. The van der Waals surface area contributed by atoms with Gasteiger partial charge in [0.15, 0.2) is 0 Å². The van der Waals surface area contributed by atoms with Crippen molar-refractivity contribution in [3.63, 3.8) is 0 Å². The van der Waals surface area contributed by atoms with Gasteiger partial charge in [-0.1, -0.05) is 61.8 Å². The number of carbonyl (C=O) groups excluding carboxylic acids is 2. The third kappa shape index (κ3) is 6.64. The largest absolute Gasteiger partial charge is 0.364 e. The number of hydrogen-bond donors (Lipinski definition) is 2. The van der Waals surface area contributed by atoms with E-state index < -0.39 is 5.91 Å². The predicted octanol–water partition coefficient (Wildman–Crippen LogP) is 4.66. The lowest BCUT2D eigenvalue weighted by molar-refractivity contribution is -0.120. The van der Waals surface area contributed by atoms with Gasteiger partial charge in [-0.05, 0) is 47.6 Å². The van der Waals surface area contributed by atoms with Crippen LogP contribution in [0.4, 0.5) is 0 Å². The molecule has 3 rings (SSSR count). The van der Waals surface area contributed by atoms with Gasteiger partial charge < -0.3 is 11.1 Å². The number of primary amides is 1. The maximum absolute atomic E-state index is 12.3. The average molecular weight is 456 g/mol. The van der Waals surface area contributed by atoms with Crippen molar-refractivity contribution in [1.82, 2.24) is 10.3 Å². The first-order chi connectivity index (χ1) is 14.8. The van der Waals surface area contributed by atoms with E-state index in [9.17, 15) is 9.59 Å². The highest BCUT2D eigenvalue weighted by Crippen LogP contribution is 2.22. The van der Waals surface area contributed by atoms with Crippen molar-refractivity contribution < 1.29 is 9.59 Å². The van der Waals surface area contributed by atoms with Crippen LogP contribution >= 0.6 is 22.9 Å². The summed E-state index contributed by atoms with van der Waals surface area (Å²) in [4.78, 5) is 29.3. The van der Waals surface area contributed by atoms with Gasteiger partial charge >= 0.3 is 0 Å². The van der Waals surface area contributed by atoms with Crippen molar-refractivity contribution in [2.24, 2.45) is 5.73 Å². The van der Waals surface area contributed by atoms with E-state index in [0.29, 0.717) is 28.8 Å². The smallest absolute Gasteiger partial charge is 0.268 e. The molecule has 162 valence electrons. The Hall–Kier alpha value is -2.70. The van der Waals surface area contributed by atoms with Crippen molar-refractivity contribution in [3.05, 3.63) is 85.8 Å². The van der Waals surface area contributed by atoms with E-state index in [2.05, 4.69) is 36.3 Å². The number of aryl methyl sites for hydroxylation is 2. The van der Waals surface area contributed by atoms with Gasteiger partial charge in [0.1, 0.15) is 10.7 Å². The van der Waals surface area contributed by atoms with E-state index in [0.717, 1.165) is 22.4 Å². The maximum Gasteiger partial charge on any atom is 0.268 e. The second kappa shape index (κ2) is 10.6. The number of benzene rings is 2. The fourth-order valence-electron chi connectivity index (χ4n) is 3.23. The van der Waals surface area contributed by atoms with Crippen molar-refractivity contribution in [3.8, 4) is 0 Å². The van der Waals surface area contributed by atoms with Crippen LogP contribution in [0.15, 0.2) is 48.5 Å². The number of nitrogens with zero attached hydrogens (tertiary/aromatic N) is 1. The molecule has 0 saturated heterocycles. The Bertz CT molecular complexity index is 1060. The summed E-state index contributed by atoms with van der Waals surface area (Å²) in [6.07, 6.45) is 1.65. The van der Waals surface area contributed by atoms with Crippen LogP contribution < -0.4 is 11.1 Å². The second-order valence-electron chi connectivity index (χ2n) is 7.72. The molecular weight excluding hydrogens is 430 g/mol. The molecule has 3 N–H and O–H groups in total. The van der Waals surface area contributed by atoms with Crippen molar-refractivity contribution in [2.45, 2.75) is 45.6 Å². The molecule has 1 heterocycles. The molecule has 0 fully saturated rings. The highest BCUT2D eigenvalue weighted by atomic mass is 35.5. The minimum absolute atomic E-state index is 0.0893. The zero-order valence-electron chi connectivity index (χ0n) is 17.7. The summed E-state index contributed by atoms with van der Waals surface area (Å²) >= 11 is 7.44. The van der Waals surface area contributed by atoms with Crippen molar-refractivity contribution in [1.29, 1.82) is 0 Å². The van der Waals surface area contributed by atoms with Gasteiger partial charge in [-0.3, -0.25) is 9.59 Å². The first-order valence-electron chi connectivity index (χ1n) is 10.2. The van der Waals surface area contributed by atoms with Crippen LogP contribution in [0.3, 0.4) is 0 Å². The summed E-state index contributed by atoms with van der Waals surface area (Å²) in [5, 5.41) is 4.23. The summed E-state index contributed by atoms with van der Waals surface area (Å²) in [6, 6.07) is 15.7. The number of aromatic nitrogens is 1. The fraction of sp³-hybridized carbons (Fsp3) is 0.292. The third-order valence-corrected chi connectivity index (χ3v) is 6.30. The molecule has 0 saturated carbocycles. The minimum atomic E-state index is -0.555. The summed E-state index contributed by atoms with van der Waals surface area (Å²) in [5.41, 5.74) is 9.07. The van der Waals surface area contributed by atoms with E-state index in [1.165, 1.54) is 16.9 Å². The molecule has 0 unspecified atom stereocenters. The van der Waals surface area contributed by atoms with Crippen LogP contribution in [0.1, 0.15) is 56.8 Å². The van der Waals surface area contributed by atoms with E-state index in [-0.39, 0.29) is 18.1 Å². The van der Waals surface area contributed by atoms with Crippen LogP contribution in [0.5, 0.6) is 0 Å². The first-order valence-corrected chi connectivity index (χ1v) is 11.4. The minimum Gasteiger partial charge on any atom is -0.364 e. The van der Waals surface area contributed by atoms with E-state index in [1.54, 1.807) is 0 Å². The predicted molar refractivity (Wildman–Crippen MR) is 126 cm³/mol. The van der Waals surface area contributed by atoms with Gasteiger partial charge in [0.05, 0.1) is 13.0 Å². The number of nitrogens with one attached hydrogen (secondary N) is 1. The highest BCUT2D eigenvalue weighted by molar-refractivity contribution is 7.11. The fourth-order valence-corrected chi connectivity index (χ4v) is 4.46. The molecule has 0 aliphatic carbocycles. The summed E-state index contributed by atoms with van der Waals surface area (Å²) in [6.45, 7) is 4.55. The molecule has 0 spiro atoms. The zero-order valence-corrected chi connectivity index (χ0v) is 19.2. The molecular formula is C24H26ClN3O2S. The lowest BCUT2D eigenvalue weighted by Gasteiger charge is -2.07. The lowest BCUT2D eigenvalue weighted by atomic mass is 10.0. The van der Waals surface area contributed by atoms with E-state index >= 15 is 0 Å². The highest BCUT2D eigenvalue weighted by Gasteiger charge is 2.16. The van der Waals surface area contributed by atoms with Gasteiger partial charge in [-0.25, -0.2) is 4.98 Å². The molecule has 5 nitrogen and oxygen atoms in total. The number of thiazole rings is 1.